The minimum absolute atomic E-state index is 0. The maximum Gasteiger partial charge on any atom is 0.262 e. The number of thiophene rings is 1. The summed E-state index contributed by atoms with van der Waals surface area (Å²) < 4.78 is 1.60. The number of nitrogens with two attached hydrogens (primary N) is 1. The third kappa shape index (κ3) is 4.36. The monoisotopic (exact) mass is 410 g/mol. The summed E-state index contributed by atoms with van der Waals surface area (Å²) in [6, 6.07) is 0.500. The van der Waals surface area contributed by atoms with Crippen molar-refractivity contribution in [2.24, 2.45) is 5.73 Å². The van der Waals surface area contributed by atoms with Gasteiger partial charge in [0.1, 0.15) is 4.83 Å². The van der Waals surface area contributed by atoms with Crippen molar-refractivity contribution in [3.63, 3.8) is 0 Å². The lowest BCUT2D eigenvalue weighted by molar-refractivity contribution is -0.122. The molecule has 0 unspecified atom stereocenters. The van der Waals surface area contributed by atoms with E-state index < -0.39 is 0 Å². The van der Waals surface area contributed by atoms with Gasteiger partial charge >= 0.3 is 0 Å². The van der Waals surface area contributed by atoms with Crippen molar-refractivity contribution >= 4 is 39.9 Å². The summed E-state index contributed by atoms with van der Waals surface area (Å²) in [5.41, 5.74) is 7.11. The van der Waals surface area contributed by atoms with Crippen molar-refractivity contribution in [3.8, 4) is 0 Å². The topological polar surface area (TPSA) is 90.0 Å². The first-order chi connectivity index (χ1) is 12.6. The van der Waals surface area contributed by atoms with Gasteiger partial charge in [0.2, 0.25) is 5.91 Å². The Morgan fingerprint density at radius 1 is 1.26 bits per heavy atom. The van der Waals surface area contributed by atoms with E-state index in [1.54, 1.807) is 22.2 Å². The highest BCUT2D eigenvalue weighted by Crippen LogP contribution is 2.33. The summed E-state index contributed by atoms with van der Waals surface area (Å²) in [5.74, 6) is 0.00446. The molecule has 2 heterocycles. The average molecular weight is 411 g/mol. The molecule has 27 heavy (non-hydrogen) atoms. The van der Waals surface area contributed by atoms with Crippen LogP contribution in [0.3, 0.4) is 0 Å². The van der Waals surface area contributed by atoms with Crippen LogP contribution in [-0.4, -0.2) is 27.5 Å². The smallest absolute Gasteiger partial charge is 0.262 e. The molecule has 3 N–H and O–H groups in total. The van der Waals surface area contributed by atoms with Crippen LogP contribution >= 0.6 is 23.7 Å². The van der Waals surface area contributed by atoms with Crippen LogP contribution in [-0.2, 0) is 24.2 Å². The molecule has 0 atom stereocenters. The van der Waals surface area contributed by atoms with Gasteiger partial charge in [0.25, 0.3) is 5.56 Å². The van der Waals surface area contributed by atoms with Crippen LogP contribution in [0.2, 0.25) is 0 Å². The number of carbonyl (C=O) groups excluding carboxylic acids is 1. The summed E-state index contributed by atoms with van der Waals surface area (Å²) in [7, 11) is 0. The van der Waals surface area contributed by atoms with Crippen LogP contribution < -0.4 is 16.6 Å². The first kappa shape index (κ1) is 20.3. The zero-order valence-corrected chi connectivity index (χ0v) is 17.0. The van der Waals surface area contributed by atoms with E-state index in [0.717, 1.165) is 55.2 Å². The van der Waals surface area contributed by atoms with Crippen molar-refractivity contribution in [1.82, 2.24) is 14.9 Å². The number of fused-ring (bicyclic) bond motifs is 3. The zero-order chi connectivity index (χ0) is 18.1. The van der Waals surface area contributed by atoms with Crippen LogP contribution in [0.1, 0.15) is 55.4 Å². The van der Waals surface area contributed by atoms with E-state index in [2.05, 4.69) is 10.3 Å². The van der Waals surface area contributed by atoms with Gasteiger partial charge in [-0.15, -0.1) is 23.7 Å². The van der Waals surface area contributed by atoms with Crippen molar-refractivity contribution in [3.05, 3.63) is 27.1 Å². The molecule has 1 saturated carbocycles. The molecule has 0 aromatic carbocycles. The molecular weight excluding hydrogens is 384 g/mol. The Kier molecular flexibility index (Phi) is 6.55. The first-order valence-corrected chi connectivity index (χ1v) is 10.5. The van der Waals surface area contributed by atoms with Crippen molar-refractivity contribution in [1.29, 1.82) is 0 Å². The summed E-state index contributed by atoms with van der Waals surface area (Å²) in [5, 5.41) is 3.87. The summed E-state index contributed by atoms with van der Waals surface area (Å²) in [4.78, 5) is 31.8. The predicted molar refractivity (Wildman–Crippen MR) is 111 cm³/mol. The van der Waals surface area contributed by atoms with Gasteiger partial charge in [-0.1, -0.05) is 0 Å². The molecule has 8 heteroatoms. The number of nitrogens with zero attached hydrogens (tertiary/aromatic N) is 2. The number of aryl methyl sites for hydroxylation is 3. The summed E-state index contributed by atoms with van der Waals surface area (Å²) in [6.45, 7) is 0.379. The Morgan fingerprint density at radius 2 is 2.00 bits per heavy atom. The fourth-order valence-electron chi connectivity index (χ4n) is 4.13. The predicted octanol–water partition coefficient (Wildman–Crippen LogP) is 2.53. The number of hydrogen-bond acceptors (Lipinski definition) is 5. The van der Waals surface area contributed by atoms with Crippen molar-refractivity contribution < 1.29 is 4.79 Å². The second kappa shape index (κ2) is 8.71. The molecule has 1 amide bonds. The molecule has 2 aliphatic rings. The van der Waals surface area contributed by atoms with E-state index >= 15 is 0 Å². The number of carbonyl (C=O) groups is 1. The lowest BCUT2D eigenvalue weighted by Gasteiger charge is -2.26. The number of rotatable bonds is 4. The van der Waals surface area contributed by atoms with Gasteiger partial charge < -0.3 is 11.1 Å². The van der Waals surface area contributed by atoms with E-state index in [1.165, 1.54) is 16.9 Å². The van der Waals surface area contributed by atoms with Crippen LogP contribution in [0.15, 0.2) is 11.1 Å². The van der Waals surface area contributed by atoms with Crippen LogP contribution in [0.5, 0.6) is 0 Å². The molecule has 4 rings (SSSR count). The standard InChI is InChI=1S/C19H26N4O2S.ClH/c20-12-5-7-13(8-6-12)22-16(24)9-10-23-11-21-18-17(19(23)25)14-3-1-2-4-15(14)26-18;/h11-13H,1-10,20H2,(H,22,24);1H. The molecule has 148 valence electrons. The second-order valence-corrected chi connectivity index (χ2v) is 8.65. The van der Waals surface area contributed by atoms with E-state index in [-0.39, 0.29) is 36.0 Å². The van der Waals surface area contributed by atoms with E-state index in [9.17, 15) is 9.59 Å². The van der Waals surface area contributed by atoms with Crippen LogP contribution in [0, 0.1) is 0 Å². The molecule has 0 spiro atoms. The third-order valence-electron chi connectivity index (χ3n) is 5.66. The molecule has 0 radical (unpaired) electrons. The second-order valence-electron chi connectivity index (χ2n) is 7.56. The molecule has 0 aliphatic heterocycles. The molecule has 0 saturated heterocycles. The van der Waals surface area contributed by atoms with Crippen molar-refractivity contribution in [2.45, 2.75) is 76.4 Å². The van der Waals surface area contributed by atoms with Gasteiger partial charge in [-0.05, 0) is 56.9 Å². The molecule has 2 aliphatic carbocycles. The average Bonchev–Trinajstić information content (AvgIpc) is 3.02. The lowest BCUT2D eigenvalue weighted by atomic mass is 9.92. The lowest BCUT2D eigenvalue weighted by Crippen LogP contribution is -2.40. The van der Waals surface area contributed by atoms with E-state index in [0.29, 0.717) is 13.0 Å². The number of aromatic nitrogens is 2. The highest BCUT2D eigenvalue weighted by atomic mass is 35.5. The van der Waals surface area contributed by atoms with Gasteiger partial charge in [-0.2, -0.15) is 0 Å². The van der Waals surface area contributed by atoms with Crippen LogP contribution in [0.25, 0.3) is 10.2 Å². The minimum atomic E-state index is 0. The number of hydrogen-bond donors (Lipinski definition) is 2. The summed E-state index contributed by atoms with van der Waals surface area (Å²) in [6.07, 6.45) is 10.1. The van der Waals surface area contributed by atoms with Crippen LogP contribution in [0.4, 0.5) is 0 Å². The van der Waals surface area contributed by atoms with E-state index in [1.807, 2.05) is 0 Å². The number of amides is 1. The molecule has 6 nitrogen and oxygen atoms in total. The normalized spacial score (nSPS) is 22.1. The Hall–Kier alpha value is -1.44. The number of halogens is 1. The summed E-state index contributed by atoms with van der Waals surface area (Å²) >= 11 is 1.66. The highest BCUT2D eigenvalue weighted by Gasteiger charge is 2.21. The van der Waals surface area contributed by atoms with Crippen molar-refractivity contribution in [2.75, 3.05) is 0 Å². The zero-order valence-electron chi connectivity index (χ0n) is 15.4. The van der Waals surface area contributed by atoms with Gasteiger partial charge in [0, 0.05) is 29.9 Å². The van der Waals surface area contributed by atoms with Gasteiger partial charge in [0.15, 0.2) is 0 Å². The molecular formula is C19H27ClN4O2S. The van der Waals surface area contributed by atoms with Gasteiger partial charge in [0.05, 0.1) is 11.7 Å². The minimum Gasteiger partial charge on any atom is -0.353 e. The largest absolute Gasteiger partial charge is 0.353 e. The van der Waals surface area contributed by atoms with E-state index in [4.69, 9.17) is 5.73 Å². The Balaban J connectivity index is 0.00000210. The maximum atomic E-state index is 12.9. The maximum absolute atomic E-state index is 12.9. The Bertz CT molecular complexity index is 870. The Morgan fingerprint density at radius 3 is 2.78 bits per heavy atom. The fraction of sp³-hybridized carbons (Fsp3) is 0.632. The molecule has 1 fully saturated rings. The Labute approximate surface area is 169 Å². The fourth-order valence-corrected chi connectivity index (χ4v) is 5.35. The molecule has 2 aromatic rings. The molecule has 2 aromatic heterocycles. The number of nitrogens with one attached hydrogen (secondary N) is 1. The molecule has 0 bridgehead atoms. The SMILES string of the molecule is Cl.NC1CCC(NC(=O)CCn2cnc3sc4c(c3c2=O)CCCC4)CC1. The first-order valence-electron chi connectivity index (χ1n) is 9.66. The highest BCUT2D eigenvalue weighted by molar-refractivity contribution is 7.18. The third-order valence-corrected chi connectivity index (χ3v) is 6.86. The quantitative estimate of drug-likeness (QED) is 0.810. The van der Waals surface area contributed by atoms with Gasteiger partial charge in [-0.25, -0.2) is 4.98 Å². The van der Waals surface area contributed by atoms with Gasteiger partial charge in [-0.3, -0.25) is 14.2 Å².